The maximum absolute atomic E-state index is 12.7. The zero-order chi connectivity index (χ0) is 20.5. The molecule has 1 fully saturated rings. The van der Waals surface area contributed by atoms with E-state index in [-0.39, 0.29) is 18.1 Å². The Hall–Kier alpha value is -1.79. The summed E-state index contributed by atoms with van der Waals surface area (Å²) in [6.45, 7) is 5.42. The highest BCUT2D eigenvalue weighted by atomic mass is 35.5. The van der Waals surface area contributed by atoms with E-state index in [9.17, 15) is 4.79 Å². The molecule has 0 bridgehead atoms. The van der Waals surface area contributed by atoms with Gasteiger partial charge in [0, 0.05) is 47.8 Å². The number of fused-ring (bicyclic) bond motifs is 1. The summed E-state index contributed by atoms with van der Waals surface area (Å²) in [6, 6.07) is 11.8. The van der Waals surface area contributed by atoms with Crippen molar-refractivity contribution in [1.29, 1.82) is 0 Å². The third-order valence-electron chi connectivity index (χ3n) is 5.56. The molecular weight excluding hydrogens is 409 g/mol. The number of ether oxygens (including phenoxy) is 1. The highest BCUT2D eigenvalue weighted by molar-refractivity contribution is 6.35. The molecule has 0 aliphatic carbocycles. The van der Waals surface area contributed by atoms with E-state index in [0.29, 0.717) is 29.7 Å². The summed E-state index contributed by atoms with van der Waals surface area (Å²) >= 11 is 12.8. The molecule has 2 unspecified atom stereocenters. The van der Waals surface area contributed by atoms with Crippen LogP contribution in [0.1, 0.15) is 29.5 Å². The van der Waals surface area contributed by atoms with E-state index in [1.54, 1.807) is 11.0 Å². The zero-order valence-electron chi connectivity index (χ0n) is 16.6. The van der Waals surface area contributed by atoms with Crippen LogP contribution in [0, 0.1) is 0 Å². The number of benzene rings is 2. The van der Waals surface area contributed by atoms with E-state index in [1.165, 1.54) is 0 Å². The molecule has 2 aliphatic rings. The van der Waals surface area contributed by atoms with Crippen molar-refractivity contribution in [2.24, 2.45) is 0 Å². The van der Waals surface area contributed by atoms with Gasteiger partial charge in [-0.05, 0) is 54.9 Å². The Morgan fingerprint density at radius 3 is 2.83 bits per heavy atom. The molecule has 7 heteroatoms. The number of likely N-dealkylation sites (N-methyl/N-ethyl adjacent to an activating group) is 1. The Balaban J connectivity index is 1.59. The van der Waals surface area contributed by atoms with Crippen molar-refractivity contribution in [2.45, 2.75) is 25.5 Å². The second-order valence-corrected chi connectivity index (χ2v) is 8.73. The summed E-state index contributed by atoms with van der Waals surface area (Å²) in [5, 5.41) is 4.39. The van der Waals surface area contributed by atoms with Crippen LogP contribution in [0.25, 0.3) is 0 Å². The van der Waals surface area contributed by atoms with Gasteiger partial charge in [-0.25, -0.2) is 4.79 Å². The normalized spacial score (nSPS) is 22.3. The molecule has 2 aliphatic heterocycles. The summed E-state index contributed by atoms with van der Waals surface area (Å²) in [4.78, 5) is 16.7. The van der Waals surface area contributed by atoms with E-state index in [0.717, 1.165) is 35.5 Å². The van der Waals surface area contributed by atoms with Gasteiger partial charge >= 0.3 is 6.03 Å². The van der Waals surface area contributed by atoms with Gasteiger partial charge in [-0.15, -0.1) is 0 Å². The van der Waals surface area contributed by atoms with Crippen molar-refractivity contribution in [3.63, 3.8) is 0 Å². The predicted octanol–water partition coefficient (Wildman–Crippen LogP) is 4.82. The first-order chi connectivity index (χ1) is 13.9. The number of anilines is 1. The summed E-state index contributed by atoms with van der Waals surface area (Å²) in [7, 11) is 2.09. The van der Waals surface area contributed by atoms with Crippen LogP contribution in [0.3, 0.4) is 0 Å². The number of amides is 2. The van der Waals surface area contributed by atoms with Gasteiger partial charge in [-0.1, -0.05) is 35.3 Å². The fraction of sp³-hybridized carbons (Fsp3) is 0.409. The van der Waals surface area contributed by atoms with Gasteiger partial charge in [0.05, 0.1) is 12.7 Å². The van der Waals surface area contributed by atoms with Gasteiger partial charge in [0.25, 0.3) is 0 Å². The number of hydrogen-bond donors (Lipinski definition) is 1. The topological polar surface area (TPSA) is 44.8 Å². The van der Waals surface area contributed by atoms with Gasteiger partial charge in [0.15, 0.2) is 0 Å². The van der Waals surface area contributed by atoms with Crippen LogP contribution >= 0.6 is 23.2 Å². The standard InChI is InChI=1S/C22H25Cl2N3O2/c1-14-11-27(6-7-29-14)22(28)25-17-5-3-4-15(8-17)19-12-26(2)13-20-18(19)9-16(23)10-21(20)24/h3-5,8-10,14,19H,6-7,11-13H2,1-2H3,(H,25,28). The van der Waals surface area contributed by atoms with Crippen LogP contribution < -0.4 is 5.32 Å². The Bertz CT molecular complexity index is 921. The molecule has 29 heavy (non-hydrogen) atoms. The molecule has 5 nitrogen and oxygen atoms in total. The average molecular weight is 434 g/mol. The average Bonchev–Trinajstić information content (AvgIpc) is 2.68. The van der Waals surface area contributed by atoms with Gasteiger partial charge in [0.2, 0.25) is 0 Å². The monoisotopic (exact) mass is 433 g/mol. The van der Waals surface area contributed by atoms with E-state index in [1.807, 2.05) is 31.2 Å². The van der Waals surface area contributed by atoms with Crippen LogP contribution in [-0.4, -0.2) is 55.2 Å². The van der Waals surface area contributed by atoms with E-state index < -0.39 is 0 Å². The van der Waals surface area contributed by atoms with E-state index in [4.69, 9.17) is 27.9 Å². The molecule has 4 rings (SSSR count). The highest BCUT2D eigenvalue weighted by Crippen LogP contribution is 2.38. The lowest BCUT2D eigenvalue weighted by Gasteiger charge is -2.34. The number of halogens is 2. The van der Waals surface area contributed by atoms with Crippen LogP contribution in [0.15, 0.2) is 36.4 Å². The second-order valence-electron chi connectivity index (χ2n) is 7.89. The lowest BCUT2D eigenvalue weighted by atomic mass is 9.84. The van der Waals surface area contributed by atoms with Crippen molar-refractivity contribution in [3.8, 4) is 0 Å². The Morgan fingerprint density at radius 1 is 1.21 bits per heavy atom. The molecule has 2 heterocycles. The molecule has 2 aromatic carbocycles. The molecule has 0 aromatic heterocycles. The number of nitrogens with zero attached hydrogens (tertiary/aromatic N) is 2. The SMILES string of the molecule is CC1CN(C(=O)Nc2cccc(C3CN(C)Cc4c(Cl)cc(Cl)cc43)c2)CCO1. The predicted molar refractivity (Wildman–Crippen MR) is 117 cm³/mol. The zero-order valence-corrected chi connectivity index (χ0v) is 18.1. The quantitative estimate of drug-likeness (QED) is 0.737. The number of hydrogen-bond acceptors (Lipinski definition) is 3. The number of carbonyl (C=O) groups excluding carboxylic acids is 1. The van der Waals surface area contributed by atoms with Crippen molar-refractivity contribution in [2.75, 3.05) is 38.6 Å². The molecule has 0 radical (unpaired) electrons. The third-order valence-corrected chi connectivity index (χ3v) is 6.12. The lowest BCUT2D eigenvalue weighted by molar-refractivity contribution is -0.00138. The summed E-state index contributed by atoms with van der Waals surface area (Å²) in [5.74, 6) is 0.139. The molecular formula is C22H25Cl2N3O2. The van der Waals surface area contributed by atoms with E-state index in [2.05, 4.69) is 23.3 Å². The molecule has 0 saturated carbocycles. The summed E-state index contributed by atoms with van der Waals surface area (Å²) in [5.41, 5.74) is 4.19. The maximum Gasteiger partial charge on any atom is 0.322 e. The van der Waals surface area contributed by atoms with Crippen molar-refractivity contribution < 1.29 is 9.53 Å². The number of urea groups is 1. The maximum atomic E-state index is 12.7. The molecule has 2 aromatic rings. The number of rotatable bonds is 2. The number of carbonyl (C=O) groups is 1. The Labute approximate surface area is 181 Å². The first-order valence-electron chi connectivity index (χ1n) is 9.84. The Kier molecular flexibility index (Phi) is 6.02. The van der Waals surface area contributed by atoms with Crippen LogP contribution in [-0.2, 0) is 11.3 Å². The summed E-state index contributed by atoms with van der Waals surface area (Å²) in [6.07, 6.45) is 0.0598. The smallest absolute Gasteiger partial charge is 0.322 e. The van der Waals surface area contributed by atoms with Gasteiger partial charge < -0.3 is 19.9 Å². The first-order valence-corrected chi connectivity index (χ1v) is 10.6. The molecule has 2 atom stereocenters. The van der Waals surface area contributed by atoms with Crippen LogP contribution in [0.5, 0.6) is 0 Å². The first kappa shape index (κ1) is 20.5. The number of nitrogens with one attached hydrogen (secondary N) is 1. The molecule has 1 N–H and O–H groups in total. The second kappa shape index (κ2) is 8.52. The fourth-order valence-corrected chi connectivity index (χ4v) is 4.74. The van der Waals surface area contributed by atoms with Gasteiger partial charge in [-0.3, -0.25) is 0 Å². The molecule has 154 valence electrons. The minimum absolute atomic E-state index is 0.0598. The Morgan fingerprint density at radius 2 is 2.03 bits per heavy atom. The molecule has 0 spiro atoms. The largest absolute Gasteiger partial charge is 0.375 e. The van der Waals surface area contributed by atoms with Gasteiger partial charge in [0.1, 0.15) is 0 Å². The van der Waals surface area contributed by atoms with Crippen LogP contribution in [0.2, 0.25) is 10.0 Å². The highest BCUT2D eigenvalue weighted by Gasteiger charge is 2.27. The van der Waals surface area contributed by atoms with Crippen molar-refractivity contribution >= 4 is 34.9 Å². The van der Waals surface area contributed by atoms with Crippen molar-refractivity contribution in [1.82, 2.24) is 9.80 Å². The minimum Gasteiger partial charge on any atom is -0.375 e. The third kappa shape index (κ3) is 4.53. The molecule has 1 saturated heterocycles. The number of morpholine rings is 1. The van der Waals surface area contributed by atoms with Crippen molar-refractivity contribution in [3.05, 3.63) is 63.1 Å². The van der Waals surface area contributed by atoms with Gasteiger partial charge in [-0.2, -0.15) is 0 Å². The fourth-order valence-electron chi connectivity index (χ4n) is 4.17. The minimum atomic E-state index is -0.0930. The van der Waals surface area contributed by atoms with E-state index >= 15 is 0 Å². The molecule has 2 amide bonds. The summed E-state index contributed by atoms with van der Waals surface area (Å²) < 4.78 is 5.52. The lowest BCUT2D eigenvalue weighted by Crippen LogP contribution is -2.46. The van der Waals surface area contributed by atoms with Crippen LogP contribution in [0.4, 0.5) is 10.5 Å².